The molecule has 3 nitrogen and oxygen atoms in total. The van der Waals surface area contributed by atoms with E-state index in [9.17, 15) is 0 Å². The highest BCUT2D eigenvalue weighted by atomic mass is 79.9. The molecular weight excluding hydrogens is 280 g/mol. The molecule has 0 amide bonds. The number of alkyl halides is 1. The van der Waals surface area contributed by atoms with Gasteiger partial charge in [0.15, 0.2) is 0 Å². The summed E-state index contributed by atoms with van der Waals surface area (Å²) in [6, 6.07) is 4.84. The molecule has 1 aliphatic carbocycles. The van der Waals surface area contributed by atoms with Crippen LogP contribution < -0.4 is 4.90 Å². The van der Waals surface area contributed by atoms with Crippen LogP contribution in [0.2, 0.25) is 0 Å². The Morgan fingerprint density at radius 3 is 3.24 bits per heavy atom. The summed E-state index contributed by atoms with van der Waals surface area (Å²) in [4.78, 5) is 7.20. The summed E-state index contributed by atoms with van der Waals surface area (Å²) in [5.74, 6) is 1.12. The number of anilines is 1. The van der Waals surface area contributed by atoms with Crippen LogP contribution in [0.5, 0.6) is 0 Å². The molecule has 1 fully saturated rings. The topological polar surface area (TPSA) is 25.4 Å². The lowest BCUT2D eigenvalue weighted by molar-refractivity contribution is 0.1000. The fourth-order valence-electron chi connectivity index (χ4n) is 2.65. The van der Waals surface area contributed by atoms with Gasteiger partial charge in [-0.1, -0.05) is 22.0 Å². The summed E-state index contributed by atoms with van der Waals surface area (Å²) in [5.41, 5.74) is 2.75. The van der Waals surface area contributed by atoms with Crippen molar-refractivity contribution in [2.45, 2.75) is 25.3 Å². The third-order valence-corrected chi connectivity index (χ3v) is 4.36. The molecule has 3 rings (SSSR count). The minimum Gasteiger partial charge on any atom is -0.377 e. The van der Waals surface area contributed by atoms with E-state index < -0.39 is 0 Å². The summed E-state index contributed by atoms with van der Waals surface area (Å²) in [6.45, 7) is 2.55. The molecule has 1 aromatic heterocycles. The van der Waals surface area contributed by atoms with Gasteiger partial charge >= 0.3 is 0 Å². The predicted molar refractivity (Wildman–Crippen MR) is 72.0 cm³/mol. The standard InChI is InChI=1S/C13H17BrN2O/c14-8-11-9-17-7-6-16(11)13-5-4-10-2-1-3-12(10)15-13/h4-5,11H,1-3,6-9H2. The van der Waals surface area contributed by atoms with E-state index in [-0.39, 0.29) is 0 Å². The first-order valence-corrected chi connectivity index (χ1v) is 7.40. The number of fused-ring (bicyclic) bond motifs is 1. The fraction of sp³-hybridized carbons (Fsp3) is 0.615. The van der Waals surface area contributed by atoms with Gasteiger partial charge in [-0.25, -0.2) is 4.98 Å². The maximum absolute atomic E-state index is 5.52. The summed E-state index contributed by atoms with van der Waals surface area (Å²) in [5, 5.41) is 0.936. The number of hydrogen-bond acceptors (Lipinski definition) is 3. The van der Waals surface area contributed by atoms with Crippen molar-refractivity contribution in [3.63, 3.8) is 0 Å². The van der Waals surface area contributed by atoms with E-state index in [2.05, 4.69) is 33.0 Å². The highest BCUT2D eigenvalue weighted by Crippen LogP contribution is 2.25. The van der Waals surface area contributed by atoms with Crippen molar-refractivity contribution in [3.05, 3.63) is 23.4 Å². The Morgan fingerprint density at radius 2 is 2.35 bits per heavy atom. The van der Waals surface area contributed by atoms with Crippen LogP contribution in [0.1, 0.15) is 17.7 Å². The molecule has 1 aliphatic heterocycles. The lowest BCUT2D eigenvalue weighted by Gasteiger charge is -2.35. The normalized spacial score (nSPS) is 23.8. The van der Waals surface area contributed by atoms with Crippen molar-refractivity contribution in [1.29, 1.82) is 0 Å². The number of aryl methyl sites for hydroxylation is 2. The Bertz CT molecular complexity index is 410. The van der Waals surface area contributed by atoms with Crippen LogP contribution in [0.4, 0.5) is 5.82 Å². The third-order valence-electron chi connectivity index (χ3n) is 3.61. The van der Waals surface area contributed by atoms with Crippen molar-refractivity contribution in [1.82, 2.24) is 4.98 Å². The molecule has 1 aromatic rings. The fourth-order valence-corrected chi connectivity index (χ4v) is 3.19. The average Bonchev–Trinajstić information content (AvgIpc) is 2.85. The first kappa shape index (κ1) is 11.5. The Hall–Kier alpha value is -0.610. The molecule has 4 heteroatoms. The Balaban J connectivity index is 1.87. The number of rotatable bonds is 2. The molecule has 0 aromatic carbocycles. The lowest BCUT2D eigenvalue weighted by atomic mass is 10.2. The molecule has 2 heterocycles. The SMILES string of the molecule is BrCC1COCCN1c1ccc2c(n1)CCC2. The van der Waals surface area contributed by atoms with Gasteiger partial charge < -0.3 is 9.64 Å². The summed E-state index contributed by atoms with van der Waals surface area (Å²) in [7, 11) is 0. The van der Waals surface area contributed by atoms with Gasteiger partial charge in [-0.05, 0) is 30.9 Å². The third kappa shape index (κ3) is 2.20. The van der Waals surface area contributed by atoms with Crippen LogP contribution >= 0.6 is 15.9 Å². The second-order valence-electron chi connectivity index (χ2n) is 4.71. The summed E-state index contributed by atoms with van der Waals surface area (Å²) in [6.07, 6.45) is 3.61. The van der Waals surface area contributed by atoms with Crippen molar-refractivity contribution in [2.24, 2.45) is 0 Å². The number of aromatic nitrogens is 1. The molecular formula is C13H17BrN2O. The van der Waals surface area contributed by atoms with Gasteiger partial charge in [0.1, 0.15) is 5.82 Å². The molecule has 0 radical (unpaired) electrons. The van der Waals surface area contributed by atoms with E-state index >= 15 is 0 Å². The maximum Gasteiger partial charge on any atom is 0.129 e. The van der Waals surface area contributed by atoms with Crippen LogP contribution in [0.15, 0.2) is 12.1 Å². The first-order chi connectivity index (χ1) is 8.38. The van der Waals surface area contributed by atoms with Gasteiger partial charge in [0.05, 0.1) is 19.3 Å². The molecule has 1 atom stereocenters. The molecule has 17 heavy (non-hydrogen) atoms. The van der Waals surface area contributed by atoms with Gasteiger partial charge in [-0.15, -0.1) is 0 Å². The van der Waals surface area contributed by atoms with E-state index in [4.69, 9.17) is 9.72 Å². The smallest absolute Gasteiger partial charge is 0.129 e. The molecule has 92 valence electrons. The number of hydrogen-bond donors (Lipinski definition) is 0. The molecule has 0 bridgehead atoms. The number of morpholine rings is 1. The van der Waals surface area contributed by atoms with Crippen LogP contribution in [-0.4, -0.2) is 36.1 Å². The van der Waals surface area contributed by atoms with E-state index in [0.29, 0.717) is 6.04 Å². The average molecular weight is 297 g/mol. The van der Waals surface area contributed by atoms with Gasteiger partial charge in [0.2, 0.25) is 0 Å². The number of nitrogens with zero attached hydrogens (tertiary/aromatic N) is 2. The molecule has 0 saturated carbocycles. The lowest BCUT2D eigenvalue weighted by Crippen LogP contribution is -2.47. The monoisotopic (exact) mass is 296 g/mol. The second kappa shape index (κ2) is 4.94. The second-order valence-corrected chi connectivity index (χ2v) is 5.35. The predicted octanol–water partition coefficient (Wildman–Crippen LogP) is 2.17. The molecule has 1 saturated heterocycles. The minimum absolute atomic E-state index is 0.413. The largest absolute Gasteiger partial charge is 0.377 e. The van der Waals surface area contributed by atoms with Crippen molar-refractivity contribution in [3.8, 4) is 0 Å². The van der Waals surface area contributed by atoms with Crippen molar-refractivity contribution < 1.29 is 4.74 Å². The van der Waals surface area contributed by atoms with Crippen molar-refractivity contribution in [2.75, 3.05) is 30.0 Å². The minimum atomic E-state index is 0.413. The van der Waals surface area contributed by atoms with Crippen LogP contribution in [0, 0.1) is 0 Å². The van der Waals surface area contributed by atoms with Crippen LogP contribution in [0.3, 0.4) is 0 Å². The molecule has 0 spiro atoms. The molecule has 2 aliphatic rings. The summed E-state index contributed by atoms with van der Waals surface area (Å²) < 4.78 is 5.52. The first-order valence-electron chi connectivity index (χ1n) is 6.27. The van der Waals surface area contributed by atoms with E-state index in [1.54, 1.807) is 0 Å². The number of halogens is 1. The van der Waals surface area contributed by atoms with Gasteiger partial charge in [-0.2, -0.15) is 0 Å². The molecule has 0 N–H and O–H groups in total. The van der Waals surface area contributed by atoms with E-state index in [1.807, 2.05) is 0 Å². The van der Waals surface area contributed by atoms with Crippen LogP contribution in [0.25, 0.3) is 0 Å². The zero-order valence-electron chi connectivity index (χ0n) is 9.86. The van der Waals surface area contributed by atoms with Crippen molar-refractivity contribution >= 4 is 21.7 Å². The molecule has 1 unspecified atom stereocenters. The Morgan fingerprint density at radius 1 is 1.41 bits per heavy atom. The Labute approximate surface area is 110 Å². The zero-order valence-corrected chi connectivity index (χ0v) is 11.4. The quantitative estimate of drug-likeness (QED) is 0.782. The zero-order chi connectivity index (χ0) is 11.7. The van der Waals surface area contributed by atoms with Gasteiger partial charge in [0.25, 0.3) is 0 Å². The summed E-state index contributed by atoms with van der Waals surface area (Å²) >= 11 is 3.56. The Kier molecular flexibility index (Phi) is 3.34. The number of ether oxygens (including phenoxy) is 1. The van der Waals surface area contributed by atoms with Crippen LogP contribution in [-0.2, 0) is 17.6 Å². The van der Waals surface area contributed by atoms with E-state index in [1.165, 1.54) is 24.1 Å². The van der Waals surface area contributed by atoms with Gasteiger partial charge in [0, 0.05) is 17.6 Å². The maximum atomic E-state index is 5.52. The van der Waals surface area contributed by atoms with E-state index in [0.717, 1.165) is 37.3 Å². The highest BCUT2D eigenvalue weighted by molar-refractivity contribution is 9.09. The number of pyridine rings is 1. The van der Waals surface area contributed by atoms with Gasteiger partial charge in [-0.3, -0.25) is 0 Å². The highest BCUT2D eigenvalue weighted by Gasteiger charge is 2.24.